The summed E-state index contributed by atoms with van der Waals surface area (Å²) in [6.45, 7) is 4.08. The molecule has 0 spiro atoms. The molecule has 0 bridgehead atoms. The number of hydrogen-bond acceptors (Lipinski definition) is 6. The Balaban J connectivity index is 1.49. The highest BCUT2D eigenvalue weighted by molar-refractivity contribution is 8.00. The van der Waals surface area contributed by atoms with Crippen molar-refractivity contribution in [2.45, 2.75) is 55.8 Å². The van der Waals surface area contributed by atoms with Crippen LogP contribution in [-0.2, 0) is 22.6 Å². The number of nitrogens with one attached hydrogen (secondary N) is 1. The van der Waals surface area contributed by atoms with Crippen molar-refractivity contribution in [2.24, 2.45) is 0 Å². The van der Waals surface area contributed by atoms with Crippen LogP contribution >= 0.6 is 23.1 Å². The number of amides is 1. The minimum Gasteiger partial charge on any atom is -0.376 e. The molecule has 4 rings (SSSR count). The van der Waals surface area contributed by atoms with Crippen molar-refractivity contribution < 1.29 is 9.53 Å². The van der Waals surface area contributed by atoms with E-state index in [-0.39, 0.29) is 17.3 Å². The molecule has 1 aromatic carbocycles. The Morgan fingerprint density at radius 2 is 2.17 bits per heavy atom. The summed E-state index contributed by atoms with van der Waals surface area (Å²) in [5, 5.41) is 14.6. The van der Waals surface area contributed by atoms with E-state index in [1.807, 2.05) is 48.7 Å². The van der Waals surface area contributed by atoms with Gasteiger partial charge in [-0.2, -0.15) is 0 Å². The maximum atomic E-state index is 12.8. The molecule has 2 atom stereocenters. The molecule has 2 aromatic heterocycles. The van der Waals surface area contributed by atoms with E-state index in [9.17, 15) is 4.79 Å². The Hall–Kier alpha value is -2.16. The van der Waals surface area contributed by atoms with Crippen molar-refractivity contribution >= 4 is 29.0 Å². The van der Waals surface area contributed by atoms with Crippen LogP contribution < -0.4 is 5.32 Å². The van der Waals surface area contributed by atoms with Crippen molar-refractivity contribution in [1.82, 2.24) is 20.1 Å². The fraction of sp³-hybridized carbons (Fsp3) is 0.409. The molecule has 1 aliphatic heterocycles. The summed E-state index contributed by atoms with van der Waals surface area (Å²) < 4.78 is 7.98. The second kappa shape index (κ2) is 10.2. The van der Waals surface area contributed by atoms with Gasteiger partial charge >= 0.3 is 0 Å². The Kier molecular flexibility index (Phi) is 7.20. The zero-order valence-electron chi connectivity index (χ0n) is 17.0. The number of nitrogens with zero attached hydrogens (tertiary/aromatic N) is 3. The Labute approximate surface area is 185 Å². The van der Waals surface area contributed by atoms with Crippen LogP contribution in [0.25, 0.3) is 10.7 Å². The summed E-state index contributed by atoms with van der Waals surface area (Å²) in [6, 6.07) is 14.0. The normalized spacial score (nSPS) is 17.2. The van der Waals surface area contributed by atoms with Crippen molar-refractivity contribution in [3.05, 3.63) is 53.4 Å². The molecule has 1 N–H and O–H groups in total. The van der Waals surface area contributed by atoms with E-state index in [1.165, 1.54) is 11.8 Å². The van der Waals surface area contributed by atoms with Gasteiger partial charge in [0, 0.05) is 13.2 Å². The minimum atomic E-state index is -0.225. The van der Waals surface area contributed by atoms with E-state index < -0.39 is 0 Å². The van der Waals surface area contributed by atoms with E-state index in [4.69, 9.17) is 4.74 Å². The Morgan fingerprint density at radius 3 is 2.87 bits per heavy atom. The molecule has 158 valence electrons. The largest absolute Gasteiger partial charge is 0.376 e. The van der Waals surface area contributed by atoms with Gasteiger partial charge in [0.15, 0.2) is 11.0 Å². The van der Waals surface area contributed by atoms with E-state index in [0.717, 1.165) is 40.9 Å². The lowest BCUT2D eigenvalue weighted by Crippen LogP contribution is -2.32. The summed E-state index contributed by atoms with van der Waals surface area (Å²) in [5.74, 6) is 0.873. The van der Waals surface area contributed by atoms with Crippen LogP contribution in [0.3, 0.4) is 0 Å². The number of carbonyl (C=O) groups is 1. The summed E-state index contributed by atoms with van der Waals surface area (Å²) in [6.07, 6.45) is 3.02. The third kappa shape index (κ3) is 5.11. The lowest BCUT2D eigenvalue weighted by atomic mass is 10.2. The van der Waals surface area contributed by atoms with Crippen LogP contribution in [0, 0.1) is 0 Å². The van der Waals surface area contributed by atoms with Gasteiger partial charge in [-0.25, -0.2) is 0 Å². The van der Waals surface area contributed by atoms with Crippen LogP contribution in [0.2, 0.25) is 0 Å². The highest BCUT2D eigenvalue weighted by Crippen LogP contribution is 2.31. The number of ether oxygens (including phenoxy) is 1. The van der Waals surface area contributed by atoms with Crippen molar-refractivity contribution in [1.29, 1.82) is 0 Å². The molecule has 1 fully saturated rings. The predicted octanol–water partition coefficient (Wildman–Crippen LogP) is 4.37. The average Bonchev–Trinajstić information content (AvgIpc) is 3.54. The number of thiophene rings is 1. The second-order valence-corrected chi connectivity index (χ2v) is 9.36. The standard InChI is InChI=1S/C22H26N4O2S2/c1-2-18(21(27)23-14-16-8-4-3-5-9-16)30-22-25-24-20(19-11-7-13-29-19)26(22)15-17-10-6-12-28-17/h3-5,7-9,11,13,17-18H,2,6,10,12,14-15H2,1H3,(H,23,27). The molecular formula is C22H26N4O2S2. The molecule has 30 heavy (non-hydrogen) atoms. The summed E-state index contributed by atoms with van der Waals surface area (Å²) in [4.78, 5) is 13.9. The molecule has 1 amide bonds. The molecule has 0 aliphatic carbocycles. The van der Waals surface area contributed by atoms with Crippen molar-refractivity contribution in [2.75, 3.05) is 6.61 Å². The van der Waals surface area contributed by atoms with Crippen LogP contribution in [0.1, 0.15) is 31.7 Å². The maximum Gasteiger partial charge on any atom is 0.233 e. The first kappa shape index (κ1) is 21.1. The van der Waals surface area contributed by atoms with Crippen LogP contribution in [-0.4, -0.2) is 38.6 Å². The average molecular weight is 443 g/mol. The Bertz CT molecular complexity index is 937. The van der Waals surface area contributed by atoms with E-state index >= 15 is 0 Å². The molecule has 1 aliphatic rings. The van der Waals surface area contributed by atoms with Crippen molar-refractivity contribution in [3.8, 4) is 10.7 Å². The van der Waals surface area contributed by atoms with Crippen LogP contribution in [0.15, 0.2) is 53.0 Å². The van der Waals surface area contributed by atoms with Crippen LogP contribution in [0.4, 0.5) is 0 Å². The number of rotatable bonds is 9. The third-order valence-electron chi connectivity index (χ3n) is 5.09. The van der Waals surface area contributed by atoms with Gasteiger partial charge in [-0.05, 0) is 36.3 Å². The second-order valence-electron chi connectivity index (χ2n) is 7.25. The lowest BCUT2D eigenvalue weighted by Gasteiger charge is -2.17. The van der Waals surface area contributed by atoms with E-state index in [0.29, 0.717) is 19.5 Å². The van der Waals surface area contributed by atoms with E-state index in [2.05, 4.69) is 26.1 Å². The number of thioether (sulfide) groups is 1. The highest BCUT2D eigenvalue weighted by Gasteiger charge is 2.26. The maximum absolute atomic E-state index is 12.8. The fourth-order valence-electron chi connectivity index (χ4n) is 3.47. The summed E-state index contributed by atoms with van der Waals surface area (Å²) in [5.41, 5.74) is 1.09. The molecule has 8 heteroatoms. The first-order valence-corrected chi connectivity index (χ1v) is 12.1. The van der Waals surface area contributed by atoms with Gasteiger partial charge in [0.05, 0.1) is 22.8 Å². The van der Waals surface area contributed by atoms with Gasteiger partial charge in [0.1, 0.15) is 0 Å². The zero-order chi connectivity index (χ0) is 20.8. The fourth-order valence-corrected chi connectivity index (χ4v) is 5.17. The Morgan fingerprint density at radius 1 is 1.30 bits per heavy atom. The summed E-state index contributed by atoms with van der Waals surface area (Å²) in [7, 11) is 0. The minimum absolute atomic E-state index is 0.0238. The van der Waals surface area contributed by atoms with Crippen molar-refractivity contribution in [3.63, 3.8) is 0 Å². The topological polar surface area (TPSA) is 69.0 Å². The zero-order valence-corrected chi connectivity index (χ0v) is 18.6. The van der Waals surface area contributed by atoms with Gasteiger partial charge < -0.3 is 10.1 Å². The number of hydrogen-bond donors (Lipinski definition) is 1. The van der Waals surface area contributed by atoms with Gasteiger partial charge in [-0.1, -0.05) is 55.1 Å². The monoisotopic (exact) mass is 442 g/mol. The molecule has 3 aromatic rings. The predicted molar refractivity (Wildman–Crippen MR) is 121 cm³/mol. The number of aromatic nitrogens is 3. The third-order valence-corrected chi connectivity index (χ3v) is 7.30. The van der Waals surface area contributed by atoms with Gasteiger partial charge in [0.2, 0.25) is 5.91 Å². The molecule has 1 saturated heterocycles. The van der Waals surface area contributed by atoms with Gasteiger partial charge in [-0.3, -0.25) is 9.36 Å². The number of benzene rings is 1. The molecule has 0 saturated carbocycles. The first-order chi connectivity index (χ1) is 14.7. The molecule has 3 heterocycles. The summed E-state index contributed by atoms with van der Waals surface area (Å²) >= 11 is 3.13. The first-order valence-electron chi connectivity index (χ1n) is 10.3. The molecule has 2 unspecified atom stereocenters. The lowest BCUT2D eigenvalue weighted by molar-refractivity contribution is -0.120. The molecule has 0 radical (unpaired) electrons. The molecular weight excluding hydrogens is 416 g/mol. The van der Waals surface area contributed by atoms with Crippen LogP contribution in [0.5, 0.6) is 0 Å². The quantitative estimate of drug-likeness (QED) is 0.498. The number of carbonyl (C=O) groups excluding carboxylic acids is 1. The smallest absolute Gasteiger partial charge is 0.233 e. The van der Waals surface area contributed by atoms with Gasteiger partial charge in [-0.15, -0.1) is 21.5 Å². The highest BCUT2D eigenvalue weighted by atomic mass is 32.2. The molecule has 6 nitrogen and oxygen atoms in total. The SMILES string of the molecule is CCC(Sc1nnc(-c2cccs2)n1CC1CCCO1)C(=O)NCc1ccccc1. The van der Waals surface area contributed by atoms with Gasteiger partial charge in [0.25, 0.3) is 0 Å². The van der Waals surface area contributed by atoms with E-state index in [1.54, 1.807) is 11.3 Å².